The second kappa shape index (κ2) is 5.93. The maximum atomic E-state index is 12.6. The lowest BCUT2D eigenvalue weighted by molar-refractivity contribution is 0.0660. The minimum absolute atomic E-state index is 0.0744. The first-order valence-corrected chi connectivity index (χ1v) is 7.18. The number of hydrogen-bond acceptors (Lipinski definition) is 2. The molecular weight excluding hydrogens is 260 g/mol. The van der Waals surface area contributed by atoms with E-state index in [1.54, 1.807) is 0 Å². The first-order chi connectivity index (χ1) is 9.00. The largest absolute Gasteiger partial charge is 0.338 e. The van der Waals surface area contributed by atoms with Crippen LogP contribution < -0.4 is 5.73 Å². The van der Waals surface area contributed by atoms with Crippen molar-refractivity contribution in [2.45, 2.75) is 32.7 Å². The summed E-state index contributed by atoms with van der Waals surface area (Å²) in [6, 6.07) is 5.62. The van der Waals surface area contributed by atoms with Crippen LogP contribution in [0.3, 0.4) is 0 Å². The van der Waals surface area contributed by atoms with Gasteiger partial charge in [-0.25, -0.2) is 0 Å². The van der Waals surface area contributed by atoms with Crippen LogP contribution in [0.25, 0.3) is 0 Å². The predicted molar refractivity (Wildman–Crippen MR) is 78.5 cm³/mol. The normalized spacial score (nSPS) is 21.3. The molecule has 0 radical (unpaired) electrons. The lowest BCUT2D eigenvalue weighted by Crippen LogP contribution is -2.45. The quantitative estimate of drug-likeness (QED) is 0.905. The van der Waals surface area contributed by atoms with Crippen molar-refractivity contribution in [3.63, 3.8) is 0 Å². The van der Waals surface area contributed by atoms with Crippen LogP contribution in [0.5, 0.6) is 0 Å². The number of carbonyl (C=O) groups is 1. The van der Waals surface area contributed by atoms with Crippen LogP contribution >= 0.6 is 11.6 Å². The van der Waals surface area contributed by atoms with Crippen LogP contribution in [0.4, 0.5) is 0 Å². The zero-order chi connectivity index (χ0) is 14.0. The van der Waals surface area contributed by atoms with E-state index in [0.717, 1.165) is 31.5 Å². The molecule has 4 heteroatoms. The molecule has 0 aliphatic carbocycles. The Morgan fingerprint density at radius 3 is 2.95 bits per heavy atom. The van der Waals surface area contributed by atoms with E-state index in [2.05, 4.69) is 0 Å². The molecule has 1 aliphatic heterocycles. The van der Waals surface area contributed by atoms with E-state index >= 15 is 0 Å². The maximum absolute atomic E-state index is 12.6. The van der Waals surface area contributed by atoms with Crippen molar-refractivity contribution in [3.05, 3.63) is 34.3 Å². The molecule has 2 rings (SSSR count). The number of piperidine rings is 1. The molecule has 19 heavy (non-hydrogen) atoms. The predicted octanol–water partition coefficient (Wildman–Crippen LogP) is 2.85. The summed E-state index contributed by atoms with van der Waals surface area (Å²) in [6.07, 6.45) is 2.13. The number of nitrogens with zero attached hydrogens (tertiary/aromatic N) is 1. The molecule has 1 fully saturated rings. The standard InChI is InChI=1S/C15H21ClN2O/c1-10-13(6-3-7-14(10)16)15(19)18-8-4-5-12(9-18)11(2)17/h3,6-7,11-12H,4-5,8-9,17H2,1-2H3. The maximum Gasteiger partial charge on any atom is 0.254 e. The Bertz CT molecular complexity index is 473. The molecule has 0 bridgehead atoms. The molecular formula is C15H21ClN2O. The summed E-state index contributed by atoms with van der Waals surface area (Å²) < 4.78 is 0. The van der Waals surface area contributed by atoms with E-state index in [4.69, 9.17) is 17.3 Å². The van der Waals surface area contributed by atoms with Gasteiger partial charge in [-0.2, -0.15) is 0 Å². The Balaban J connectivity index is 2.17. The molecule has 1 heterocycles. The van der Waals surface area contributed by atoms with Crippen molar-refractivity contribution >= 4 is 17.5 Å². The zero-order valence-electron chi connectivity index (χ0n) is 11.5. The van der Waals surface area contributed by atoms with Crippen molar-refractivity contribution in [1.29, 1.82) is 0 Å². The van der Waals surface area contributed by atoms with Gasteiger partial charge in [-0.05, 0) is 50.3 Å². The molecule has 3 nitrogen and oxygen atoms in total. The third-order valence-corrected chi connectivity index (χ3v) is 4.40. The van der Waals surface area contributed by atoms with Gasteiger partial charge in [-0.1, -0.05) is 17.7 Å². The van der Waals surface area contributed by atoms with Crippen molar-refractivity contribution in [3.8, 4) is 0 Å². The van der Waals surface area contributed by atoms with Gasteiger partial charge < -0.3 is 10.6 Å². The van der Waals surface area contributed by atoms with Gasteiger partial charge in [0.25, 0.3) is 5.91 Å². The van der Waals surface area contributed by atoms with Gasteiger partial charge in [0.15, 0.2) is 0 Å². The minimum atomic E-state index is 0.0744. The molecule has 1 amide bonds. The van der Waals surface area contributed by atoms with Gasteiger partial charge in [0.2, 0.25) is 0 Å². The molecule has 1 aromatic carbocycles. The Labute approximate surface area is 119 Å². The van der Waals surface area contributed by atoms with Crippen molar-refractivity contribution in [2.24, 2.45) is 11.7 Å². The lowest BCUT2D eigenvalue weighted by Gasteiger charge is -2.35. The summed E-state index contributed by atoms with van der Waals surface area (Å²) in [7, 11) is 0. The van der Waals surface area contributed by atoms with Crippen LogP contribution in [0.1, 0.15) is 35.7 Å². The fraction of sp³-hybridized carbons (Fsp3) is 0.533. The van der Waals surface area contributed by atoms with E-state index in [9.17, 15) is 4.79 Å². The molecule has 2 atom stereocenters. The fourth-order valence-corrected chi connectivity index (χ4v) is 2.81. The zero-order valence-corrected chi connectivity index (χ0v) is 12.3. The number of rotatable bonds is 2. The SMILES string of the molecule is Cc1c(Cl)cccc1C(=O)N1CCCC(C(C)N)C1. The van der Waals surface area contributed by atoms with Gasteiger partial charge in [0.05, 0.1) is 0 Å². The van der Waals surface area contributed by atoms with E-state index in [1.807, 2.05) is 36.9 Å². The van der Waals surface area contributed by atoms with Crippen LogP contribution in [0.2, 0.25) is 5.02 Å². The summed E-state index contributed by atoms with van der Waals surface area (Å²) in [4.78, 5) is 14.5. The van der Waals surface area contributed by atoms with Crippen LogP contribution in [-0.2, 0) is 0 Å². The highest BCUT2D eigenvalue weighted by molar-refractivity contribution is 6.31. The highest BCUT2D eigenvalue weighted by Crippen LogP contribution is 2.24. The number of benzene rings is 1. The van der Waals surface area contributed by atoms with E-state index in [1.165, 1.54) is 0 Å². The number of carbonyl (C=O) groups excluding carboxylic acids is 1. The Morgan fingerprint density at radius 2 is 2.26 bits per heavy atom. The van der Waals surface area contributed by atoms with Gasteiger partial charge in [0.1, 0.15) is 0 Å². The summed E-state index contributed by atoms with van der Waals surface area (Å²) >= 11 is 6.09. The number of amides is 1. The topological polar surface area (TPSA) is 46.3 Å². The van der Waals surface area contributed by atoms with E-state index < -0.39 is 0 Å². The van der Waals surface area contributed by atoms with Crippen molar-refractivity contribution in [2.75, 3.05) is 13.1 Å². The first-order valence-electron chi connectivity index (χ1n) is 6.80. The summed E-state index contributed by atoms with van der Waals surface area (Å²) in [6.45, 7) is 5.47. The third-order valence-electron chi connectivity index (χ3n) is 3.99. The summed E-state index contributed by atoms with van der Waals surface area (Å²) in [5.41, 5.74) is 7.53. The fourth-order valence-electron chi connectivity index (χ4n) is 2.63. The van der Waals surface area contributed by atoms with E-state index in [-0.39, 0.29) is 11.9 Å². The molecule has 2 unspecified atom stereocenters. The van der Waals surface area contributed by atoms with Crippen molar-refractivity contribution < 1.29 is 4.79 Å². The van der Waals surface area contributed by atoms with Gasteiger partial charge in [-0.15, -0.1) is 0 Å². The van der Waals surface area contributed by atoms with Crippen molar-refractivity contribution in [1.82, 2.24) is 4.90 Å². The van der Waals surface area contributed by atoms with Crippen LogP contribution in [0.15, 0.2) is 18.2 Å². The highest BCUT2D eigenvalue weighted by Gasteiger charge is 2.27. The third kappa shape index (κ3) is 3.10. The molecule has 0 aromatic heterocycles. The molecule has 1 aromatic rings. The Morgan fingerprint density at radius 1 is 1.53 bits per heavy atom. The summed E-state index contributed by atoms with van der Waals surface area (Å²) in [5.74, 6) is 0.475. The first kappa shape index (κ1) is 14.4. The molecule has 0 spiro atoms. The van der Waals surface area contributed by atoms with Gasteiger partial charge in [-0.3, -0.25) is 4.79 Å². The molecule has 2 N–H and O–H groups in total. The highest BCUT2D eigenvalue weighted by atomic mass is 35.5. The number of nitrogens with two attached hydrogens (primary N) is 1. The molecule has 1 aliphatic rings. The average molecular weight is 281 g/mol. The number of likely N-dealkylation sites (tertiary alicyclic amines) is 1. The van der Waals surface area contributed by atoms with E-state index in [0.29, 0.717) is 16.5 Å². The molecule has 0 saturated carbocycles. The monoisotopic (exact) mass is 280 g/mol. The van der Waals surface area contributed by atoms with Gasteiger partial charge in [0, 0.05) is 29.7 Å². The van der Waals surface area contributed by atoms with Gasteiger partial charge >= 0.3 is 0 Å². The summed E-state index contributed by atoms with van der Waals surface area (Å²) in [5, 5.41) is 0.645. The second-order valence-electron chi connectivity index (χ2n) is 5.42. The molecule has 104 valence electrons. The van der Waals surface area contributed by atoms with Crippen LogP contribution in [-0.4, -0.2) is 29.9 Å². The lowest BCUT2D eigenvalue weighted by atomic mass is 9.91. The Hall–Kier alpha value is -1.06. The Kier molecular flexibility index (Phi) is 4.48. The molecule has 1 saturated heterocycles. The number of hydrogen-bond donors (Lipinski definition) is 1. The number of halogens is 1. The second-order valence-corrected chi connectivity index (χ2v) is 5.83. The smallest absolute Gasteiger partial charge is 0.254 e. The minimum Gasteiger partial charge on any atom is -0.338 e. The average Bonchev–Trinajstić information content (AvgIpc) is 2.41. The van der Waals surface area contributed by atoms with Crippen LogP contribution in [0, 0.1) is 12.8 Å².